The minimum Gasteiger partial charge on any atom is -0.352 e. The first-order chi connectivity index (χ1) is 14.3. The van der Waals surface area contributed by atoms with E-state index in [1.54, 1.807) is 42.2 Å². The third-order valence-electron chi connectivity index (χ3n) is 5.52. The molecule has 1 aliphatic rings. The van der Waals surface area contributed by atoms with Gasteiger partial charge in [-0.2, -0.15) is 0 Å². The van der Waals surface area contributed by atoms with Crippen LogP contribution in [0.4, 0.5) is 0 Å². The van der Waals surface area contributed by atoms with Gasteiger partial charge in [-0.15, -0.1) is 0 Å². The highest BCUT2D eigenvalue weighted by Crippen LogP contribution is 2.26. The normalized spacial score (nSPS) is 15.1. The molecule has 0 aromatic heterocycles. The number of rotatable bonds is 7. The maximum atomic E-state index is 13.3. The highest BCUT2D eigenvalue weighted by molar-refractivity contribution is 6.36. The molecule has 3 rings (SSSR count). The SMILES string of the molecule is CC(C(=O)NC1CCCC1)N(Cc1ccc(Cl)cc1)C(=O)Cc1c(Cl)cccc1Cl. The summed E-state index contributed by atoms with van der Waals surface area (Å²) in [5, 5.41) is 4.58. The first-order valence-corrected chi connectivity index (χ1v) is 11.3. The molecule has 160 valence electrons. The Kier molecular flexibility index (Phi) is 8.04. The van der Waals surface area contributed by atoms with Crippen molar-refractivity contribution in [3.05, 3.63) is 68.7 Å². The van der Waals surface area contributed by atoms with Crippen molar-refractivity contribution in [1.82, 2.24) is 10.2 Å². The van der Waals surface area contributed by atoms with Crippen LogP contribution >= 0.6 is 34.8 Å². The molecule has 0 aliphatic heterocycles. The molecular formula is C23H25Cl3N2O2. The predicted octanol–water partition coefficient (Wildman–Crippen LogP) is 5.67. The summed E-state index contributed by atoms with van der Waals surface area (Å²) in [4.78, 5) is 27.7. The van der Waals surface area contributed by atoms with Crippen molar-refractivity contribution >= 4 is 46.6 Å². The molecule has 2 aromatic rings. The third-order valence-corrected chi connectivity index (χ3v) is 6.48. The zero-order chi connectivity index (χ0) is 21.7. The molecule has 1 unspecified atom stereocenters. The first-order valence-electron chi connectivity index (χ1n) is 10.1. The van der Waals surface area contributed by atoms with Crippen molar-refractivity contribution < 1.29 is 9.59 Å². The molecule has 1 N–H and O–H groups in total. The predicted molar refractivity (Wildman–Crippen MR) is 122 cm³/mol. The Hall–Kier alpha value is -1.75. The maximum absolute atomic E-state index is 13.3. The summed E-state index contributed by atoms with van der Waals surface area (Å²) < 4.78 is 0. The van der Waals surface area contributed by atoms with Crippen LogP contribution in [0.1, 0.15) is 43.7 Å². The Labute approximate surface area is 192 Å². The fourth-order valence-electron chi connectivity index (χ4n) is 3.72. The number of nitrogens with zero attached hydrogens (tertiary/aromatic N) is 1. The third kappa shape index (κ3) is 5.90. The smallest absolute Gasteiger partial charge is 0.242 e. The molecule has 0 bridgehead atoms. The largest absolute Gasteiger partial charge is 0.352 e. The molecule has 0 heterocycles. The van der Waals surface area contributed by atoms with Crippen molar-refractivity contribution in [2.45, 2.75) is 57.7 Å². The molecule has 30 heavy (non-hydrogen) atoms. The lowest BCUT2D eigenvalue weighted by molar-refractivity contribution is -0.140. The van der Waals surface area contributed by atoms with E-state index in [1.807, 2.05) is 12.1 Å². The van der Waals surface area contributed by atoms with Crippen molar-refractivity contribution in [3.63, 3.8) is 0 Å². The van der Waals surface area contributed by atoms with E-state index in [2.05, 4.69) is 5.32 Å². The fraction of sp³-hybridized carbons (Fsp3) is 0.391. The van der Waals surface area contributed by atoms with Gasteiger partial charge in [0.2, 0.25) is 11.8 Å². The van der Waals surface area contributed by atoms with Gasteiger partial charge in [0.05, 0.1) is 6.42 Å². The van der Waals surface area contributed by atoms with E-state index >= 15 is 0 Å². The van der Waals surface area contributed by atoms with Gasteiger partial charge in [0.25, 0.3) is 0 Å². The first kappa shape index (κ1) is 22.9. The summed E-state index contributed by atoms with van der Waals surface area (Å²) in [5.41, 5.74) is 1.45. The quantitative estimate of drug-likeness (QED) is 0.571. The van der Waals surface area contributed by atoms with Crippen LogP contribution in [0.2, 0.25) is 15.1 Å². The highest BCUT2D eigenvalue weighted by atomic mass is 35.5. The minimum atomic E-state index is -0.630. The Morgan fingerprint density at radius 2 is 1.63 bits per heavy atom. The van der Waals surface area contributed by atoms with Gasteiger partial charge in [-0.05, 0) is 55.2 Å². The molecule has 1 fully saturated rings. The van der Waals surface area contributed by atoms with Crippen LogP contribution in [-0.2, 0) is 22.6 Å². The van der Waals surface area contributed by atoms with Gasteiger partial charge >= 0.3 is 0 Å². The van der Waals surface area contributed by atoms with Crippen LogP contribution in [0.25, 0.3) is 0 Å². The summed E-state index contributed by atoms with van der Waals surface area (Å²) in [6.07, 6.45) is 4.24. The lowest BCUT2D eigenvalue weighted by Crippen LogP contribution is -2.50. The van der Waals surface area contributed by atoms with Crippen molar-refractivity contribution in [1.29, 1.82) is 0 Å². The topological polar surface area (TPSA) is 49.4 Å². The number of benzene rings is 2. The lowest BCUT2D eigenvalue weighted by atomic mass is 10.1. The zero-order valence-electron chi connectivity index (χ0n) is 16.8. The summed E-state index contributed by atoms with van der Waals surface area (Å²) >= 11 is 18.5. The van der Waals surface area contributed by atoms with Gasteiger partial charge < -0.3 is 10.2 Å². The van der Waals surface area contributed by atoms with Gasteiger partial charge in [-0.1, -0.05) is 65.8 Å². The number of hydrogen-bond donors (Lipinski definition) is 1. The fourth-order valence-corrected chi connectivity index (χ4v) is 4.37. The molecule has 7 heteroatoms. The number of nitrogens with one attached hydrogen (secondary N) is 1. The molecular weight excluding hydrogens is 443 g/mol. The minimum absolute atomic E-state index is 0.0210. The number of carbonyl (C=O) groups is 2. The van der Waals surface area contributed by atoms with Gasteiger partial charge in [-0.25, -0.2) is 0 Å². The van der Waals surface area contributed by atoms with E-state index in [4.69, 9.17) is 34.8 Å². The maximum Gasteiger partial charge on any atom is 0.242 e. The molecule has 1 saturated carbocycles. The summed E-state index contributed by atoms with van der Waals surface area (Å²) in [6.45, 7) is 2.05. The Bertz CT molecular complexity index is 876. The van der Waals surface area contributed by atoms with E-state index in [0.29, 0.717) is 20.6 Å². The molecule has 2 aromatic carbocycles. The number of halogens is 3. The number of amides is 2. The van der Waals surface area contributed by atoms with Crippen LogP contribution < -0.4 is 5.32 Å². The van der Waals surface area contributed by atoms with Crippen molar-refractivity contribution in [3.8, 4) is 0 Å². The van der Waals surface area contributed by atoms with Crippen LogP contribution in [0.5, 0.6) is 0 Å². The molecule has 0 radical (unpaired) electrons. The lowest BCUT2D eigenvalue weighted by Gasteiger charge is -2.30. The summed E-state index contributed by atoms with van der Waals surface area (Å²) in [7, 11) is 0. The summed E-state index contributed by atoms with van der Waals surface area (Å²) in [5.74, 6) is -0.358. The second kappa shape index (κ2) is 10.5. The molecule has 0 saturated heterocycles. The molecule has 1 aliphatic carbocycles. The van der Waals surface area contributed by atoms with Crippen LogP contribution in [-0.4, -0.2) is 28.8 Å². The van der Waals surface area contributed by atoms with Gasteiger partial charge in [-0.3, -0.25) is 9.59 Å². The van der Waals surface area contributed by atoms with E-state index < -0.39 is 6.04 Å². The van der Waals surface area contributed by atoms with E-state index in [-0.39, 0.29) is 30.8 Å². The zero-order valence-corrected chi connectivity index (χ0v) is 19.1. The Morgan fingerprint density at radius 3 is 2.23 bits per heavy atom. The Balaban J connectivity index is 1.80. The van der Waals surface area contributed by atoms with E-state index in [9.17, 15) is 9.59 Å². The molecule has 4 nitrogen and oxygen atoms in total. The monoisotopic (exact) mass is 466 g/mol. The average Bonchev–Trinajstić information content (AvgIpc) is 3.22. The standard InChI is InChI=1S/C23H25Cl3N2O2/c1-15(23(30)27-18-5-2-3-6-18)28(14-16-9-11-17(24)12-10-16)22(29)13-19-20(25)7-4-8-21(19)26/h4,7-12,15,18H,2-3,5-6,13-14H2,1H3,(H,27,30). The molecule has 2 amide bonds. The van der Waals surface area contributed by atoms with Crippen LogP contribution in [0, 0.1) is 0 Å². The second-order valence-electron chi connectivity index (χ2n) is 7.69. The van der Waals surface area contributed by atoms with E-state index in [0.717, 1.165) is 31.2 Å². The van der Waals surface area contributed by atoms with Crippen molar-refractivity contribution in [2.75, 3.05) is 0 Å². The van der Waals surface area contributed by atoms with Crippen molar-refractivity contribution in [2.24, 2.45) is 0 Å². The molecule has 0 spiro atoms. The van der Waals surface area contributed by atoms with Crippen LogP contribution in [0.15, 0.2) is 42.5 Å². The highest BCUT2D eigenvalue weighted by Gasteiger charge is 2.29. The van der Waals surface area contributed by atoms with E-state index in [1.165, 1.54) is 0 Å². The second-order valence-corrected chi connectivity index (χ2v) is 8.94. The van der Waals surface area contributed by atoms with Gasteiger partial charge in [0.15, 0.2) is 0 Å². The van der Waals surface area contributed by atoms with Crippen LogP contribution in [0.3, 0.4) is 0 Å². The average molecular weight is 468 g/mol. The Morgan fingerprint density at radius 1 is 1.03 bits per heavy atom. The van der Waals surface area contributed by atoms with Gasteiger partial charge in [0, 0.05) is 27.7 Å². The summed E-state index contributed by atoms with van der Waals surface area (Å²) in [6, 6.07) is 12.0. The number of hydrogen-bond acceptors (Lipinski definition) is 2. The number of carbonyl (C=O) groups excluding carboxylic acids is 2. The molecule has 1 atom stereocenters. The van der Waals surface area contributed by atoms with Gasteiger partial charge in [0.1, 0.15) is 6.04 Å².